The summed E-state index contributed by atoms with van der Waals surface area (Å²) in [5.74, 6) is 2.22. The number of rotatable bonds is 6. The Morgan fingerprint density at radius 1 is 1.42 bits per heavy atom. The minimum Gasteiger partial charge on any atom is -0.342 e. The van der Waals surface area contributed by atoms with Crippen LogP contribution in [0, 0.1) is 5.92 Å². The summed E-state index contributed by atoms with van der Waals surface area (Å²) in [6.45, 7) is 6.73. The van der Waals surface area contributed by atoms with Crippen LogP contribution in [0.5, 0.6) is 0 Å². The van der Waals surface area contributed by atoms with Gasteiger partial charge in [0.15, 0.2) is 0 Å². The zero-order chi connectivity index (χ0) is 16.9. The molecule has 0 bridgehead atoms. The normalized spacial score (nSPS) is 18.3. The summed E-state index contributed by atoms with van der Waals surface area (Å²) in [5, 5.41) is 7.03. The second kappa shape index (κ2) is 7.64. The lowest BCUT2D eigenvalue weighted by Gasteiger charge is -2.32. The molecule has 3 rings (SSSR count). The molecule has 1 unspecified atom stereocenters. The van der Waals surface area contributed by atoms with Crippen molar-refractivity contribution in [1.82, 2.24) is 24.6 Å². The lowest BCUT2D eigenvalue weighted by atomic mass is 9.93. The van der Waals surface area contributed by atoms with Crippen LogP contribution in [0.2, 0.25) is 0 Å². The smallest absolute Gasteiger partial charge is 0.224 e. The van der Waals surface area contributed by atoms with E-state index in [1.54, 1.807) is 6.20 Å². The number of hydrogen-bond donors (Lipinski definition) is 1. The van der Waals surface area contributed by atoms with Gasteiger partial charge in [-0.3, -0.25) is 9.89 Å². The van der Waals surface area contributed by atoms with Gasteiger partial charge in [0.05, 0.1) is 0 Å². The third kappa shape index (κ3) is 4.04. The van der Waals surface area contributed by atoms with Gasteiger partial charge in [0, 0.05) is 56.3 Å². The molecule has 3 heterocycles. The Hall–Kier alpha value is -2.11. The minimum absolute atomic E-state index is 0.257. The Bertz CT molecular complexity index is 646. The van der Waals surface area contributed by atoms with E-state index >= 15 is 0 Å². The number of aromatic nitrogens is 4. The van der Waals surface area contributed by atoms with Crippen molar-refractivity contribution in [3.63, 3.8) is 0 Å². The number of carbonyl (C=O) groups is 1. The third-order valence-corrected chi connectivity index (χ3v) is 4.77. The number of nitrogens with one attached hydrogen (secondary N) is 1. The Balaban J connectivity index is 1.51. The Labute approximate surface area is 143 Å². The van der Waals surface area contributed by atoms with E-state index in [1.807, 2.05) is 23.4 Å². The molecule has 1 atom stereocenters. The SMILES string of the molecule is CC(C)c1nccn1CCC(=O)N1CCCC(Cc2ccn[nH]2)C1. The number of H-pyrrole nitrogens is 1. The van der Waals surface area contributed by atoms with E-state index in [2.05, 4.69) is 33.6 Å². The summed E-state index contributed by atoms with van der Waals surface area (Å²) in [5.41, 5.74) is 1.16. The summed E-state index contributed by atoms with van der Waals surface area (Å²) >= 11 is 0. The molecule has 1 fully saturated rings. The Kier molecular flexibility index (Phi) is 5.33. The number of nitrogens with zero attached hydrogens (tertiary/aromatic N) is 4. The number of aryl methyl sites for hydroxylation is 1. The van der Waals surface area contributed by atoms with Crippen molar-refractivity contribution in [3.05, 3.63) is 36.2 Å². The maximum Gasteiger partial charge on any atom is 0.224 e. The molecule has 1 amide bonds. The highest BCUT2D eigenvalue weighted by atomic mass is 16.2. The van der Waals surface area contributed by atoms with Crippen molar-refractivity contribution < 1.29 is 4.79 Å². The highest BCUT2D eigenvalue weighted by Crippen LogP contribution is 2.21. The van der Waals surface area contributed by atoms with Gasteiger partial charge in [-0.25, -0.2) is 4.98 Å². The molecule has 1 N–H and O–H groups in total. The van der Waals surface area contributed by atoms with E-state index < -0.39 is 0 Å². The fraction of sp³-hybridized carbons (Fsp3) is 0.611. The quantitative estimate of drug-likeness (QED) is 0.886. The molecule has 130 valence electrons. The molecule has 1 saturated heterocycles. The highest BCUT2D eigenvalue weighted by Gasteiger charge is 2.24. The number of carbonyl (C=O) groups excluding carboxylic acids is 1. The summed E-state index contributed by atoms with van der Waals surface area (Å²) in [7, 11) is 0. The van der Waals surface area contributed by atoms with Gasteiger partial charge in [-0.2, -0.15) is 5.10 Å². The molecule has 24 heavy (non-hydrogen) atoms. The molecular weight excluding hydrogens is 302 g/mol. The molecule has 0 aromatic carbocycles. The maximum atomic E-state index is 12.6. The van der Waals surface area contributed by atoms with Crippen molar-refractivity contribution >= 4 is 5.91 Å². The van der Waals surface area contributed by atoms with E-state index in [0.717, 1.165) is 37.4 Å². The van der Waals surface area contributed by atoms with E-state index in [4.69, 9.17) is 0 Å². The van der Waals surface area contributed by atoms with Crippen LogP contribution in [0.25, 0.3) is 0 Å². The van der Waals surface area contributed by atoms with Gasteiger partial charge in [-0.05, 0) is 31.2 Å². The van der Waals surface area contributed by atoms with Gasteiger partial charge in [0.1, 0.15) is 5.82 Å². The van der Waals surface area contributed by atoms with Crippen LogP contribution in [-0.4, -0.2) is 43.6 Å². The number of aromatic amines is 1. The Morgan fingerprint density at radius 3 is 3.04 bits per heavy atom. The van der Waals surface area contributed by atoms with Crippen LogP contribution in [0.1, 0.15) is 50.5 Å². The van der Waals surface area contributed by atoms with Gasteiger partial charge in [0.2, 0.25) is 5.91 Å². The predicted octanol–water partition coefficient (Wildman–Crippen LogP) is 2.60. The minimum atomic E-state index is 0.257. The first-order valence-corrected chi connectivity index (χ1v) is 8.90. The monoisotopic (exact) mass is 329 g/mol. The van der Waals surface area contributed by atoms with Crippen molar-refractivity contribution in [2.45, 2.75) is 52.0 Å². The highest BCUT2D eigenvalue weighted by molar-refractivity contribution is 5.76. The molecule has 0 aliphatic carbocycles. The molecular formula is C18H27N5O. The predicted molar refractivity (Wildman–Crippen MR) is 92.5 cm³/mol. The number of amides is 1. The molecule has 2 aromatic rings. The van der Waals surface area contributed by atoms with Gasteiger partial charge in [-0.15, -0.1) is 0 Å². The fourth-order valence-electron chi connectivity index (χ4n) is 3.55. The molecule has 6 nitrogen and oxygen atoms in total. The maximum absolute atomic E-state index is 12.6. The second-order valence-corrected chi connectivity index (χ2v) is 7.02. The first-order chi connectivity index (χ1) is 11.6. The standard InChI is InChI=1S/C18H27N5O/c1-14(2)18-19-8-11-22(18)10-6-17(24)23-9-3-4-15(13-23)12-16-5-7-20-21-16/h5,7-8,11,14-15H,3-4,6,9-10,12-13H2,1-2H3,(H,20,21). The summed E-state index contributed by atoms with van der Waals surface area (Å²) < 4.78 is 2.11. The van der Waals surface area contributed by atoms with Gasteiger partial charge in [-0.1, -0.05) is 13.8 Å². The van der Waals surface area contributed by atoms with E-state index in [9.17, 15) is 4.79 Å². The zero-order valence-corrected chi connectivity index (χ0v) is 14.6. The van der Waals surface area contributed by atoms with Gasteiger partial charge in [0.25, 0.3) is 0 Å². The Morgan fingerprint density at radius 2 is 2.29 bits per heavy atom. The van der Waals surface area contributed by atoms with Crippen LogP contribution in [0.4, 0.5) is 0 Å². The molecule has 0 saturated carbocycles. The number of imidazole rings is 1. The second-order valence-electron chi connectivity index (χ2n) is 7.02. The topological polar surface area (TPSA) is 66.8 Å². The van der Waals surface area contributed by atoms with Crippen LogP contribution in [0.15, 0.2) is 24.7 Å². The fourth-order valence-corrected chi connectivity index (χ4v) is 3.55. The molecule has 1 aliphatic rings. The lowest BCUT2D eigenvalue weighted by Crippen LogP contribution is -2.40. The first kappa shape index (κ1) is 16.7. The number of likely N-dealkylation sites (tertiary alicyclic amines) is 1. The van der Waals surface area contributed by atoms with Crippen LogP contribution >= 0.6 is 0 Å². The summed E-state index contributed by atoms with van der Waals surface area (Å²) in [6, 6.07) is 2.02. The first-order valence-electron chi connectivity index (χ1n) is 8.90. The average molecular weight is 329 g/mol. The van der Waals surface area contributed by atoms with E-state index in [0.29, 0.717) is 24.8 Å². The molecule has 0 spiro atoms. The molecule has 1 aliphatic heterocycles. The average Bonchev–Trinajstić information content (AvgIpc) is 3.24. The molecule has 6 heteroatoms. The van der Waals surface area contributed by atoms with Crippen molar-refractivity contribution in [1.29, 1.82) is 0 Å². The van der Waals surface area contributed by atoms with Crippen molar-refractivity contribution in [3.8, 4) is 0 Å². The lowest BCUT2D eigenvalue weighted by molar-refractivity contribution is -0.133. The van der Waals surface area contributed by atoms with Gasteiger partial charge < -0.3 is 9.47 Å². The van der Waals surface area contributed by atoms with E-state index in [-0.39, 0.29) is 5.91 Å². The number of piperidine rings is 1. The summed E-state index contributed by atoms with van der Waals surface area (Å²) in [6.07, 6.45) is 9.38. The zero-order valence-electron chi connectivity index (χ0n) is 14.6. The third-order valence-electron chi connectivity index (χ3n) is 4.77. The van der Waals surface area contributed by atoms with Crippen molar-refractivity contribution in [2.24, 2.45) is 5.92 Å². The molecule has 2 aromatic heterocycles. The molecule has 0 radical (unpaired) electrons. The van der Waals surface area contributed by atoms with Crippen LogP contribution in [0.3, 0.4) is 0 Å². The van der Waals surface area contributed by atoms with Crippen LogP contribution in [-0.2, 0) is 17.8 Å². The largest absolute Gasteiger partial charge is 0.342 e. The van der Waals surface area contributed by atoms with Gasteiger partial charge >= 0.3 is 0 Å². The summed E-state index contributed by atoms with van der Waals surface area (Å²) in [4.78, 5) is 19.0. The number of hydrogen-bond acceptors (Lipinski definition) is 3. The van der Waals surface area contributed by atoms with E-state index in [1.165, 1.54) is 6.42 Å². The van der Waals surface area contributed by atoms with Crippen molar-refractivity contribution in [2.75, 3.05) is 13.1 Å². The van der Waals surface area contributed by atoms with Crippen LogP contribution < -0.4 is 0 Å².